The molecule has 7 nitrogen and oxygen atoms in total. The summed E-state index contributed by atoms with van der Waals surface area (Å²) >= 11 is 0. The smallest absolute Gasteiger partial charge is 0.350 e. The molecular weight excluding hydrogens is 254 g/mol. The van der Waals surface area contributed by atoms with Gasteiger partial charge in [0.1, 0.15) is 5.56 Å². The van der Waals surface area contributed by atoms with Crippen LogP contribution in [0.5, 0.6) is 5.75 Å². The van der Waals surface area contributed by atoms with Crippen LogP contribution in [0.3, 0.4) is 0 Å². The Morgan fingerprint density at radius 2 is 1.84 bits per heavy atom. The van der Waals surface area contributed by atoms with Gasteiger partial charge in [-0.25, -0.2) is 4.79 Å². The van der Waals surface area contributed by atoms with Crippen molar-refractivity contribution in [2.45, 2.75) is 20.8 Å². The summed E-state index contributed by atoms with van der Waals surface area (Å²) in [6, 6.07) is 0. The zero-order valence-corrected chi connectivity index (χ0v) is 10.6. The minimum atomic E-state index is -1.07. The average Bonchev–Trinajstić information content (AvgIpc) is 2.29. The van der Waals surface area contributed by atoms with Gasteiger partial charge in [-0.05, 0) is 6.92 Å². The van der Waals surface area contributed by atoms with E-state index in [9.17, 15) is 19.2 Å². The van der Waals surface area contributed by atoms with Crippen LogP contribution in [0.15, 0.2) is 6.20 Å². The lowest BCUT2D eigenvalue weighted by Crippen LogP contribution is -2.16. The van der Waals surface area contributed by atoms with Crippen LogP contribution >= 0.6 is 0 Å². The highest BCUT2D eigenvalue weighted by Crippen LogP contribution is 2.25. The van der Waals surface area contributed by atoms with E-state index in [1.807, 2.05) is 0 Å². The van der Waals surface area contributed by atoms with Crippen molar-refractivity contribution in [1.82, 2.24) is 4.98 Å². The van der Waals surface area contributed by atoms with E-state index in [0.717, 1.165) is 20.0 Å². The van der Waals surface area contributed by atoms with Crippen molar-refractivity contribution < 1.29 is 28.7 Å². The standard InChI is InChI=1S/C12H11NO6/c1-6-11(18-7(2)15)10(9(5-14)4-13-6)12(17)19-8(3)16/h4-5H,1-3H3. The van der Waals surface area contributed by atoms with Crippen molar-refractivity contribution in [2.24, 2.45) is 0 Å². The monoisotopic (exact) mass is 265 g/mol. The number of aryl methyl sites for hydroxylation is 1. The minimum Gasteiger partial charge on any atom is -0.424 e. The molecule has 7 heteroatoms. The second-order valence-electron chi connectivity index (χ2n) is 3.60. The summed E-state index contributed by atoms with van der Waals surface area (Å²) in [7, 11) is 0. The van der Waals surface area contributed by atoms with Crippen molar-refractivity contribution in [2.75, 3.05) is 0 Å². The topological polar surface area (TPSA) is 99.6 Å². The van der Waals surface area contributed by atoms with E-state index >= 15 is 0 Å². The molecule has 19 heavy (non-hydrogen) atoms. The molecule has 0 saturated carbocycles. The molecule has 0 aliphatic heterocycles. The SMILES string of the molecule is CC(=O)OC(=O)c1c(C=O)cnc(C)c1OC(C)=O. The molecule has 0 spiro atoms. The second kappa shape index (κ2) is 5.85. The van der Waals surface area contributed by atoms with E-state index < -0.39 is 17.9 Å². The van der Waals surface area contributed by atoms with E-state index in [1.165, 1.54) is 6.92 Å². The molecule has 0 bridgehead atoms. The third-order valence-electron chi connectivity index (χ3n) is 2.05. The lowest BCUT2D eigenvalue weighted by atomic mass is 10.1. The average molecular weight is 265 g/mol. The molecule has 0 N–H and O–H groups in total. The number of carbonyl (C=O) groups is 4. The number of esters is 3. The van der Waals surface area contributed by atoms with Gasteiger partial charge < -0.3 is 9.47 Å². The number of pyridine rings is 1. The first-order chi connectivity index (χ1) is 8.86. The number of ether oxygens (including phenoxy) is 2. The van der Waals surface area contributed by atoms with Crippen LogP contribution in [-0.4, -0.2) is 29.2 Å². The van der Waals surface area contributed by atoms with Gasteiger partial charge in [0.15, 0.2) is 12.0 Å². The van der Waals surface area contributed by atoms with Crippen LogP contribution in [0.2, 0.25) is 0 Å². The molecule has 100 valence electrons. The van der Waals surface area contributed by atoms with Gasteiger partial charge in [0.25, 0.3) is 0 Å². The maximum atomic E-state index is 11.8. The van der Waals surface area contributed by atoms with E-state index in [1.54, 1.807) is 0 Å². The summed E-state index contributed by atoms with van der Waals surface area (Å²) < 4.78 is 9.25. The lowest BCUT2D eigenvalue weighted by molar-refractivity contribution is -0.135. The van der Waals surface area contributed by atoms with Crippen molar-refractivity contribution in [3.8, 4) is 5.75 Å². The summed E-state index contributed by atoms with van der Waals surface area (Å²) in [4.78, 5) is 48.3. The highest BCUT2D eigenvalue weighted by atomic mass is 16.6. The summed E-state index contributed by atoms with van der Waals surface area (Å²) in [6.45, 7) is 3.66. The van der Waals surface area contributed by atoms with Gasteiger partial charge >= 0.3 is 17.9 Å². The van der Waals surface area contributed by atoms with Crippen LogP contribution in [0.25, 0.3) is 0 Å². The number of hydrogen-bond donors (Lipinski definition) is 0. The van der Waals surface area contributed by atoms with Gasteiger partial charge in [0, 0.05) is 20.0 Å². The second-order valence-corrected chi connectivity index (χ2v) is 3.60. The molecule has 0 aliphatic carbocycles. The Kier molecular flexibility index (Phi) is 4.46. The summed E-state index contributed by atoms with van der Waals surface area (Å²) in [5.41, 5.74) is -0.211. The normalized spacial score (nSPS) is 9.63. The fourth-order valence-electron chi connectivity index (χ4n) is 1.35. The molecule has 1 heterocycles. The van der Waals surface area contributed by atoms with Gasteiger partial charge in [0.2, 0.25) is 0 Å². The number of rotatable bonds is 3. The molecule has 0 unspecified atom stereocenters. The molecule has 1 aromatic rings. The maximum absolute atomic E-state index is 11.8. The Morgan fingerprint density at radius 1 is 1.21 bits per heavy atom. The van der Waals surface area contributed by atoms with E-state index in [0.29, 0.717) is 6.29 Å². The highest BCUT2D eigenvalue weighted by molar-refractivity contribution is 6.04. The quantitative estimate of drug-likeness (QED) is 0.453. The van der Waals surface area contributed by atoms with Crippen LogP contribution in [0.4, 0.5) is 0 Å². The molecule has 0 atom stereocenters. The third-order valence-corrected chi connectivity index (χ3v) is 2.05. The first kappa shape index (κ1) is 14.5. The Morgan fingerprint density at radius 3 is 2.32 bits per heavy atom. The largest absolute Gasteiger partial charge is 0.424 e. The van der Waals surface area contributed by atoms with Gasteiger partial charge in [-0.1, -0.05) is 0 Å². The predicted molar refractivity (Wildman–Crippen MR) is 61.8 cm³/mol. The van der Waals surface area contributed by atoms with Crippen molar-refractivity contribution >= 4 is 24.2 Å². The number of aromatic nitrogens is 1. The fraction of sp³-hybridized carbons (Fsp3) is 0.250. The Bertz CT molecular complexity index is 564. The molecule has 0 fully saturated rings. The Balaban J connectivity index is 3.42. The predicted octanol–water partition coefficient (Wildman–Crippen LogP) is 0.831. The molecule has 1 rings (SSSR count). The number of carbonyl (C=O) groups excluding carboxylic acids is 4. The minimum absolute atomic E-state index is 0.131. The van der Waals surface area contributed by atoms with Gasteiger partial charge in [0.05, 0.1) is 11.3 Å². The van der Waals surface area contributed by atoms with E-state index in [4.69, 9.17) is 4.74 Å². The van der Waals surface area contributed by atoms with Crippen molar-refractivity contribution in [1.29, 1.82) is 0 Å². The summed E-state index contributed by atoms with van der Waals surface area (Å²) in [6.07, 6.45) is 1.49. The maximum Gasteiger partial charge on any atom is 0.350 e. The zero-order chi connectivity index (χ0) is 14.6. The first-order valence-corrected chi connectivity index (χ1v) is 5.22. The van der Waals surface area contributed by atoms with Crippen LogP contribution < -0.4 is 4.74 Å². The Hall–Kier alpha value is -2.57. The van der Waals surface area contributed by atoms with Crippen molar-refractivity contribution in [3.05, 3.63) is 23.0 Å². The zero-order valence-electron chi connectivity index (χ0n) is 10.6. The molecule has 0 saturated heterocycles. The van der Waals surface area contributed by atoms with E-state index in [2.05, 4.69) is 9.72 Å². The number of nitrogens with zero attached hydrogens (tertiary/aromatic N) is 1. The third kappa shape index (κ3) is 3.44. The number of hydrogen-bond acceptors (Lipinski definition) is 7. The van der Waals surface area contributed by atoms with Crippen LogP contribution in [0, 0.1) is 6.92 Å². The summed E-state index contributed by atoms with van der Waals surface area (Å²) in [5.74, 6) is -2.80. The highest BCUT2D eigenvalue weighted by Gasteiger charge is 2.24. The molecule has 0 aliphatic rings. The van der Waals surface area contributed by atoms with Crippen molar-refractivity contribution in [3.63, 3.8) is 0 Å². The van der Waals surface area contributed by atoms with Crippen LogP contribution in [0.1, 0.15) is 40.3 Å². The van der Waals surface area contributed by atoms with Gasteiger partial charge in [-0.3, -0.25) is 19.4 Å². The van der Waals surface area contributed by atoms with E-state index in [-0.39, 0.29) is 22.6 Å². The van der Waals surface area contributed by atoms with Gasteiger partial charge in [-0.2, -0.15) is 0 Å². The molecular formula is C12H11NO6. The fourth-order valence-corrected chi connectivity index (χ4v) is 1.35. The molecule has 1 aromatic heterocycles. The summed E-state index contributed by atoms with van der Waals surface area (Å²) in [5, 5.41) is 0. The molecule has 0 aromatic carbocycles. The first-order valence-electron chi connectivity index (χ1n) is 5.22. The Labute approximate surface area is 108 Å². The molecule has 0 radical (unpaired) electrons. The van der Waals surface area contributed by atoms with Crippen LogP contribution in [-0.2, 0) is 14.3 Å². The van der Waals surface area contributed by atoms with Gasteiger partial charge in [-0.15, -0.1) is 0 Å². The lowest BCUT2D eigenvalue weighted by Gasteiger charge is -2.11. The molecule has 0 amide bonds. The number of aldehydes is 1.